The molecule has 0 bridgehead atoms. The Bertz CT molecular complexity index is 1060. The number of hydrogen-bond donors (Lipinski definition) is 1. The number of carbonyl (C=O) groups is 2. The van der Waals surface area contributed by atoms with E-state index < -0.39 is 5.97 Å². The molecule has 0 saturated heterocycles. The first-order chi connectivity index (χ1) is 15.5. The van der Waals surface area contributed by atoms with E-state index in [1.165, 1.54) is 11.3 Å². The van der Waals surface area contributed by atoms with Gasteiger partial charge < -0.3 is 19.5 Å². The minimum absolute atomic E-state index is 0.176. The van der Waals surface area contributed by atoms with E-state index in [4.69, 9.17) is 14.2 Å². The van der Waals surface area contributed by atoms with Crippen LogP contribution < -0.4 is 14.8 Å². The fraction of sp³-hybridized carbons (Fsp3) is 0.280. The summed E-state index contributed by atoms with van der Waals surface area (Å²) in [6, 6.07) is 17.1. The van der Waals surface area contributed by atoms with Crippen LogP contribution in [0.5, 0.6) is 11.5 Å². The molecule has 0 saturated carbocycles. The van der Waals surface area contributed by atoms with Crippen LogP contribution in [0.1, 0.15) is 36.2 Å². The van der Waals surface area contributed by atoms with Crippen LogP contribution in [0.15, 0.2) is 54.6 Å². The zero-order valence-electron chi connectivity index (χ0n) is 18.5. The van der Waals surface area contributed by atoms with E-state index in [-0.39, 0.29) is 18.9 Å². The molecule has 32 heavy (non-hydrogen) atoms. The van der Waals surface area contributed by atoms with Gasteiger partial charge >= 0.3 is 5.97 Å². The Morgan fingerprint density at radius 1 is 0.969 bits per heavy atom. The van der Waals surface area contributed by atoms with Gasteiger partial charge in [0.2, 0.25) is 5.91 Å². The van der Waals surface area contributed by atoms with Gasteiger partial charge in [-0.15, -0.1) is 11.3 Å². The first kappa shape index (κ1) is 23.3. The van der Waals surface area contributed by atoms with Gasteiger partial charge in [0, 0.05) is 11.3 Å². The maximum Gasteiger partial charge on any atom is 0.341 e. The fourth-order valence-corrected chi connectivity index (χ4v) is 4.25. The minimum atomic E-state index is -0.447. The number of hydrogen-bond acceptors (Lipinski definition) is 6. The van der Waals surface area contributed by atoms with Gasteiger partial charge in [0.05, 0.1) is 25.9 Å². The van der Waals surface area contributed by atoms with Crippen molar-refractivity contribution in [3.05, 3.63) is 65.7 Å². The van der Waals surface area contributed by atoms with Gasteiger partial charge in [-0.1, -0.05) is 36.4 Å². The number of esters is 1. The molecule has 0 aliphatic carbocycles. The third-order valence-corrected chi connectivity index (χ3v) is 5.81. The Hall–Kier alpha value is -3.32. The molecule has 1 N–H and O–H groups in total. The standard InChI is InChI=1S/C25H27NO5S/c1-4-30-20-13-11-17(15-21(20)29-3)12-14-23(27)26-24-19(25(28)31-5-2)16-22(32-24)18-9-7-6-8-10-18/h6-11,13,15-16H,4-5,12,14H2,1-3H3,(H,26,27). The highest BCUT2D eigenvalue weighted by atomic mass is 32.1. The normalized spacial score (nSPS) is 10.5. The lowest BCUT2D eigenvalue weighted by atomic mass is 10.1. The summed E-state index contributed by atoms with van der Waals surface area (Å²) in [7, 11) is 1.59. The molecule has 168 valence electrons. The second-order valence-corrected chi connectivity index (χ2v) is 7.96. The molecule has 0 atom stereocenters. The largest absolute Gasteiger partial charge is 0.493 e. The molecule has 0 spiro atoms. The lowest BCUT2D eigenvalue weighted by Gasteiger charge is -2.11. The maximum atomic E-state index is 12.7. The average molecular weight is 454 g/mol. The summed E-state index contributed by atoms with van der Waals surface area (Å²) in [5.41, 5.74) is 2.30. The number of aryl methyl sites for hydroxylation is 1. The van der Waals surface area contributed by atoms with Crippen molar-refractivity contribution in [1.29, 1.82) is 0 Å². The molecule has 3 rings (SSSR count). The van der Waals surface area contributed by atoms with Crippen LogP contribution in [0.3, 0.4) is 0 Å². The Balaban J connectivity index is 1.72. The molecule has 0 fully saturated rings. The number of anilines is 1. The zero-order chi connectivity index (χ0) is 22.9. The lowest BCUT2D eigenvalue weighted by molar-refractivity contribution is -0.116. The average Bonchev–Trinajstić information content (AvgIpc) is 3.23. The predicted molar refractivity (Wildman–Crippen MR) is 127 cm³/mol. The number of amides is 1. The molecular weight excluding hydrogens is 426 g/mol. The molecule has 6 nitrogen and oxygen atoms in total. The molecule has 0 aliphatic rings. The summed E-state index contributed by atoms with van der Waals surface area (Å²) in [5, 5.41) is 3.39. The number of carbonyl (C=O) groups excluding carboxylic acids is 2. The van der Waals surface area contributed by atoms with Crippen molar-refractivity contribution in [2.75, 3.05) is 25.6 Å². The van der Waals surface area contributed by atoms with Crippen LogP contribution in [0.2, 0.25) is 0 Å². The number of benzene rings is 2. The van der Waals surface area contributed by atoms with E-state index in [1.807, 2.05) is 55.5 Å². The van der Waals surface area contributed by atoms with Crippen LogP contribution in [0, 0.1) is 0 Å². The monoisotopic (exact) mass is 453 g/mol. The molecule has 0 unspecified atom stereocenters. The molecular formula is C25H27NO5S. The van der Waals surface area contributed by atoms with Gasteiger partial charge in [-0.05, 0) is 49.6 Å². The molecule has 3 aromatic rings. The maximum absolute atomic E-state index is 12.7. The van der Waals surface area contributed by atoms with E-state index >= 15 is 0 Å². The van der Waals surface area contributed by atoms with E-state index in [2.05, 4.69) is 5.32 Å². The van der Waals surface area contributed by atoms with Gasteiger partial charge in [0.15, 0.2) is 11.5 Å². The Labute approximate surface area is 192 Å². The van der Waals surface area contributed by atoms with Crippen molar-refractivity contribution in [2.45, 2.75) is 26.7 Å². The topological polar surface area (TPSA) is 73.9 Å². The number of nitrogens with one attached hydrogen (secondary N) is 1. The first-order valence-electron chi connectivity index (χ1n) is 10.5. The van der Waals surface area contributed by atoms with Gasteiger partial charge in [-0.25, -0.2) is 4.79 Å². The second-order valence-electron chi connectivity index (χ2n) is 6.91. The van der Waals surface area contributed by atoms with Crippen molar-refractivity contribution in [1.82, 2.24) is 0 Å². The van der Waals surface area contributed by atoms with Gasteiger partial charge in [0.25, 0.3) is 0 Å². The summed E-state index contributed by atoms with van der Waals surface area (Å²) < 4.78 is 16.1. The van der Waals surface area contributed by atoms with Crippen LogP contribution in [-0.2, 0) is 16.0 Å². The molecule has 0 aliphatic heterocycles. The summed E-state index contributed by atoms with van der Waals surface area (Å²) in [5.74, 6) is 0.691. The van der Waals surface area contributed by atoms with Crippen LogP contribution in [-0.4, -0.2) is 32.2 Å². The second kappa shape index (κ2) is 11.3. The molecule has 1 aromatic heterocycles. The highest BCUT2D eigenvalue weighted by Gasteiger charge is 2.20. The number of methoxy groups -OCH3 is 1. The van der Waals surface area contributed by atoms with E-state index in [9.17, 15) is 9.59 Å². The van der Waals surface area contributed by atoms with Crippen LogP contribution in [0.4, 0.5) is 5.00 Å². The lowest BCUT2D eigenvalue weighted by Crippen LogP contribution is -2.14. The van der Waals surface area contributed by atoms with Crippen molar-refractivity contribution in [3.63, 3.8) is 0 Å². The molecule has 2 aromatic carbocycles. The van der Waals surface area contributed by atoms with E-state index in [0.717, 1.165) is 16.0 Å². The Kier molecular flexibility index (Phi) is 8.27. The van der Waals surface area contributed by atoms with Crippen LogP contribution >= 0.6 is 11.3 Å². The molecule has 1 amide bonds. The summed E-state index contributed by atoms with van der Waals surface area (Å²) >= 11 is 1.36. The van der Waals surface area contributed by atoms with Crippen molar-refractivity contribution >= 4 is 28.2 Å². The van der Waals surface area contributed by atoms with Crippen LogP contribution in [0.25, 0.3) is 10.4 Å². The van der Waals surface area contributed by atoms with Crippen molar-refractivity contribution < 1.29 is 23.8 Å². The van der Waals surface area contributed by atoms with Gasteiger partial charge in [-0.2, -0.15) is 0 Å². The van der Waals surface area contributed by atoms with Crippen molar-refractivity contribution in [2.24, 2.45) is 0 Å². The Morgan fingerprint density at radius 2 is 1.75 bits per heavy atom. The third kappa shape index (κ3) is 5.88. The quantitative estimate of drug-likeness (QED) is 0.406. The minimum Gasteiger partial charge on any atom is -0.493 e. The smallest absolute Gasteiger partial charge is 0.341 e. The number of thiophene rings is 1. The van der Waals surface area contributed by atoms with Crippen molar-refractivity contribution in [3.8, 4) is 21.9 Å². The zero-order valence-corrected chi connectivity index (χ0v) is 19.3. The molecule has 7 heteroatoms. The fourth-order valence-electron chi connectivity index (χ4n) is 3.18. The predicted octanol–water partition coefficient (Wildman–Crippen LogP) is 5.57. The summed E-state index contributed by atoms with van der Waals surface area (Å²) in [6.45, 7) is 4.48. The first-order valence-corrected chi connectivity index (χ1v) is 11.3. The highest BCUT2D eigenvalue weighted by Crippen LogP contribution is 2.36. The van der Waals surface area contributed by atoms with Gasteiger partial charge in [0.1, 0.15) is 5.00 Å². The van der Waals surface area contributed by atoms with E-state index in [0.29, 0.717) is 35.1 Å². The summed E-state index contributed by atoms with van der Waals surface area (Å²) in [4.78, 5) is 26.0. The van der Waals surface area contributed by atoms with Gasteiger partial charge in [-0.3, -0.25) is 4.79 Å². The number of ether oxygens (including phenoxy) is 3. The third-order valence-electron chi connectivity index (χ3n) is 4.71. The molecule has 0 radical (unpaired) electrons. The highest BCUT2D eigenvalue weighted by molar-refractivity contribution is 7.20. The summed E-state index contributed by atoms with van der Waals surface area (Å²) in [6.07, 6.45) is 0.790. The Morgan fingerprint density at radius 3 is 2.44 bits per heavy atom. The number of rotatable bonds is 10. The molecule has 1 heterocycles. The SMILES string of the molecule is CCOC(=O)c1cc(-c2ccccc2)sc1NC(=O)CCc1ccc(OCC)c(OC)c1. The van der Waals surface area contributed by atoms with E-state index in [1.54, 1.807) is 20.1 Å².